The van der Waals surface area contributed by atoms with Crippen molar-refractivity contribution < 1.29 is 14.6 Å². The van der Waals surface area contributed by atoms with Crippen molar-refractivity contribution in [2.75, 3.05) is 0 Å². The number of aromatic amines is 1. The molecule has 0 spiro atoms. The predicted octanol–water partition coefficient (Wildman–Crippen LogP) is 4.69. The standard InChI is InChI=1S/C25H36N2O3/c1-22(2)29-21-14-19-17-6-5-15-13-16(28)7-10-23(15,3)18(17)8-11-24(19,4)25(21,30-22)20-9-12-26-27-20/h5,9,12,16-19,21,28H,6-8,10-11,13-14H2,1-4H3,(H,26,27)/t16?,17?,18?,19?,21-,23?,24?,25-/m1/s1. The van der Waals surface area contributed by atoms with Gasteiger partial charge < -0.3 is 14.6 Å². The summed E-state index contributed by atoms with van der Waals surface area (Å²) in [4.78, 5) is 0. The SMILES string of the molecule is CC1(C)O[C@@H]2CC3C4CC=C5CC(O)CCC5(C)C4CCC3(C)[C@]2(c2ccn[nH]2)O1. The van der Waals surface area contributed by atoms with Crippen LogP contribution >= 0.6 is 0 Å². The number of aliphatic hydroxyl groups excluding tert-OH is 1. The number of rotatable bonds is 1. The van der Waals surface area contributed by atoms with E-state index in [0.29, 0.717) is 17.8 Å². The van der Waals surface area contributed by atoms with Crippen LogP contribution in [0.1, 0.15) is 78.3 Å². The van der Waals surface area contributed by atoms with Crippen LogP contribution in [0.3, 0.4) is 0 Å². The van der Waals surface area contributed by atoms with Crippen molar-refractivity contribution in [2.24, 2.45) is 28.6 Å². The second kappa shape index (κ2) is 5.99. The summed E-state index contributed by atoms with van der Waals surface area (Å²) in [6.45, 7) is 9.06. The predicted molar refractivity (Wildman–Crippen MR) is 113 cm³/mol. The lowest BCUT2D eigenvalue weighted by atomic mass is 9.46. The zero-order valence-electron chi connectivity index (χ0n) is 18.8. The molecule has 5 nitrogen and oxygen atoms in total. The van der Waals surface area contributed by atoms with Gasteiger partial charge in [0, 0.05) is 11.6 Å². The Morgan fingerprint density at radius 1 is 1.13 bits per heavy atom. The number of nitrogens with one attached hydrogen (secondary N) is 1. The average Bonchev–Trinajstić information content (AvgIpc) is 3.35. The first-order valence-corrected chi connectivity index (χ1v) is 11.9. The fourth-order valence-corrected chi connectivity index (χ4v) is 8.69. The molecule has 1 saturated heterocycles. The van der Waals surface area contributed by atoms with Gasteiger partial charge in [-0.05, 0) is 88.0 Å². The average molecular weight is 413 g/mol. The van der Waals surface area contributed by atoms with E-state index in [1.165, 1.54) is 12.0 Å². The van der Waals surface area contributed by atoms with Gasteiger partial charge in [-0.15, -0.1) is 0 Å². The topological polar surface area (TPSA) is 67.4 Å². The van der Waals surface area contributed by atoms with Gasteiger partial charge in [-0.25, -0.2) is 0 Å². The van der Waals surface area contributed by atoms with E-state index in [9.17, 15) is 5.11 Å². The largest absolute Gasteiger partial charge is 0.393 e. The molecule has 8 atom stereocenters. The molecule has 0 aromatic carbocycles. The molecule has 3 saturated carbocycles. The number of H-pyrrole nitrogens is 1. The lowest BCUT2D eigenvalue weighted by molar-refractivity contribution is -0.220. The van der Waals surface area contributed by atoms with Crippen molar-refractivity contribution in [3.05, 3.63) is 29.6 Å². The lowest BCUT2D eigenvalue weighted by Gasteiger charge is -2.59. The summed E-state index contributed by atoms with van der Waals surface area (Å²) in [6.07, 6.45) is 11.8. The van der Waals surface area contributed by atoms with E-state index in [0.717, 1.165) is 44.2 Å². The summed E-state index contributed by atoms with van der Waals surface area (Å²) in [7, 11) is 0. The van der Waals surface area contributed by atoms with Crippen molar-refractivity contribution in [2.45, 2.75) is 96.2 Å². The van der Waals surface area contributed by atoms with Gasteiger partial charge in [-0.2, -0.15) is 5.10 Å². The Morgan fingerprint density at radius 2 is 1.97 bits per heavy atom. The van der Waals surface area contributed by atoms with Gasteiger partial charge in [0.25, 0.3) is 0 Å². The molecule has 164 valence electrons. The number of hydrogen-bond donors (Lipinski definition) is 2. The van der Waals surface area contributed by atoms with E-state index in [-0.39, 0.29) is 23.0 Å². The van der Waals surface area contributed by atoms with Gasteiger partial charge in [0.1, 0.15) is 5.60 Å². The number of fused-ring (bicyclic) bond motifs is 7. The minimum atomic E-state index is -0.578. The molecule has 4 fully saturated rings. The molecule has 1 aromatic rings. The number of aromatic nitrogens is 2. The van der Waals surface area contributed by atoms with Gasteiger partial charge in [0.05, 0.1) is 17.9 Å². The first kappa shape index (κ1) is 19.5. The molecule has 30 heavy (non-hydrogen) atoms. The highest BCUT2D eigenvalue weighted by Crippen LogP contribution is 2.72. The molecule has 6 unspecified atom stereocenters. The molecule has 0 radical (unpaired) electrons. The fourth-order valence-electron chi connectivity index (χ4n) is 8.69. The number of nitrogens with zero attached hydrogens (tertiary/aromatic N) is 1. The number of hydrogen-bond acceptors (Lipinski definition) is 4. The molecule has 0 bridgehead atoms. The Bertz CT molecular complexity index is 879. The molecule has 1 aromatic heterocycles. The van der Waals surface area contributed by atoms with E-state index in [1.807, 2.05) is 6.20 Å². The summed E-state index contributed by atoms with van der Waals surface area (Å²) in [6, 6.07) is 2.10. The van der Waals surface area contributed by atoms with Crippen LogP contribution in [-0.2, 0) is 15.1 Å². The minimum Gasteiger partial charge on any atom is -0.393 e. The molecule has 5 heteroatoms. The molecule has 1 aliphatic heterocycles. The van der Waals surface area contributed by atoms with E-state index in [2.05, 4.69) is 50.0 Å². The van der Waals surface area contributed by atoms with Gasteiger partial charge in [0.2, 0.25) is 0 Å². The van der Waals surface area contributed by atoms with Crippen LogP contribution in [0, 0.1) is 28.6 Å². The van der Waals surface area contributed by atoms with Gasteiger partial charge >= 0.3 is 0 Å². The molecule has 2 heterocycles. The summed E-state index contributed by atoms with van der Waals surface area (Å²) in [5, 5.41) is 17.8. The summed E-state index contributed by atoms with van der Waals surface area (Å²) >= 11 is 0. The zero-order valence-corrected chi connectivity index (χ0v) is 18.8. The maximum absolute atomic E-state index is 10.3. The van der Waals surface area contributed by atoms with Crippen LogP contribution in [0.4, 0.5) is 0 Å². The normalized spacial score (nSPS) is 51.5. The van der Waals surface area contributed by atoms with Gasteiger partial charge in [0.15, 0.2) is 5.79 Å². The molecule has 4 aliphatic carbocycles. The second-order valence-electron chi connectivity index (χ2n) is 11.7. The first-order chi connectivity index (χ1) is 14.2. The van der Waals surface area contributed by atoms with Crippen LogP contribution < -0.4 is 0 Å². The maximum Gasteiger partial charge on any atom is 0.164 e. The lowest BCUT2D eigenvalue weighted by Crippen LogP contribution is -2.55. The van der Waals surface area contributed by atoms with Crippen LogP contribution in [0.25, 0.3) is 0 Å². The molecule has 0 amide bonds. The zero-order chi connectivity index (χ0) is 20.9. The molecule has 6 rings (SSSR count). The molecule has 2 N–H and O–H groups in total. The fraction of sp³-hybridized carbons (Fsp3) is 0.800. The summed E-state index contributed by atoms with van der Waals surface area (Å²) < 4.78 is 13.4. The first-order valence-electron chi connectivity index (χ1n) is 11.9. The highest BCUT2D eigenvalue weighted by Gasteiger charge is 2.74. The Morgan fingerprint density at radius 3 is 2.73 bits per heavy atom. The van der Waals surface area contributed by atoms with E-state index in [4.69, 9.17) is 9.47 Å². The minimum absolute atomic E-state index is 0.0228. The third kappa shape index (κ3) is 2.27. The molecular formula is C25H36N2O3. The van der Waals surface area contributed by atoms with Crippen molar-refractivity contribution >= 4 is 0 Å². The Labute approximate surface area is 179 Å². The van der Waals surface area contributed by atoms with Crippen molar-refractivity contribution in [1.29, 1.82) is 0 Å². The highest BCUT2D eigenvalue weighted by atomic mass is 16.8. The summed E-state index contributed by atoms with van der Waals surface area (Å²) in [5.41, 5.74) is 2.44. The number of allylic oxidation sites excluding steroid dienone is 1. The van der Waals surface area contributed by atoms with Gasteiger partial charge in [-0.1, -0.05) is 25.5 Å². The van der Waals surface area contributed by atoms with Crippen LogP contribution in [0.5, 0.6) is 0 Å². The van der Waals surface area contributed by atoms with E-state index < -0.39 is 11.4 Å². The van der Waals surface area contributed by atoms with Crippen molar-refractivity contribution in [3.63, 3.8) is 0 Å². The van der Waals surface area contributed by atoms with Crippen molar-refractivity contribution in [3.8, 4) is 0 Å². The van der Waals surface area contributed by atoms with Gasteiger partial charge in [-0.3, -0.25) is 5.10 Å². The van der Waals surface area contributed by atoms with Crippen LogP contribution in [-0.4, -0.2) is 33.3 Å². The molecule has 5 aliphatic rings. The monoisotopic (exact) mass is 412 g/mol. The molecular weight excluding hydrogens is 376 g/mol. The van der Waals surface area contributed by atoms with Crippen molar-refractivity contribution in [1.82, 2.24) is 10.2 Å². The van der Waals surface area contributed by atoms with E-state index in [1.54, 1.807) is 0 Å². The second-order valence-corrected chi connectivity index (χ2v) is 11.7. The number of aliphatic hydroxyl groups is 1. The van der Waals surface area contributed by atoms with Crippen LogP contribution in [0.15, 0.2) is 23.9 Å². The van der Waals surface area contributed by atoms with E-state index >= 15 is 0 Å². The van der Waals surface area contributed by atoms with Crippen LogP contribution in [0.2, 0.25) is 0 Å². The smallest absolute Gasteiger partial charge is 0.164 e. The Balaban J connectivity index is 1.42. The highest BCUT2D eigenvalue weighted by molar-refractivity contribution is 5.31. The Kier molecular flexibility index (Phi) is 3.90. The Hall–Kier alpha value is -1.17. The third-order valence-electron chi connectivity index (χ3n) is 9.97. The number of ether oxygens (including phenoxy) is 2. The third-order valence-corrected chi connectivity index (χ3v) is 9.97. The quantitative estimate of drug-likeness (QED) is 0.657. The summed E-state index contributed by atoms with van der Waals surface area (Å²) in [5.74, 6) is 1.36. The maximum atomic E-state index is 10.3.